The predicted octanol–water partition coefficient (Wildman–Crippen LogP) is 3.54. The summed E-state index contributed by atoms with van der Waals surface area (Å²) in [4.78, 5) is 18.7. The van der Waals surface area contributed by atoms with Crippen LogP contribution in [0.25, 0.3) is 0 Å². The van der Waals surface area contributed by atoms with Crippen molar-refractivity contribution in [3.63, 3.8) is 0 Å². The van der Waals surface area contributed by atoms with Crippen molar-refractivity contribution in [2.24, 2.45) is 0 Å². The lowest BCUT2D eigenvalue weighted by Gasteiger charge is -2.20. The largest absolute Gasteiger partial charge is 0.472 e. The van der Waals surface area contributed by atoms with Gasteiger partial charge in [0.15, 0.2) is 0 Å². The van der Waals surface area contributed by atoms with Crippen LogP contribution in [0.15, 0.2) is 42.6 Å². The number of nitriles is 1. The smallest absolute Gasteiger partial charge is 0.253 e. The maximum absolute atomic E-state index is 12.7. The van der Waals surface area contributed by atoms with Crippen LogP contribution in [0.2, 0.25) is 0 Å². The molecule has 5 nitrogen and oxygen atoms in total. The minimum atomic E-state index is -0.103. The van der Waals surface area contributed by atoms with Gasteiger partial charge in [-0.3, -0.25) is 4.79 Å². The van der Waals surface area contributed by atoms with Crippen LogP contribution in [-0.4, -0.2) is 35.0 Å². The van der Waals surface area contributed by atoms with Gasteiger partial charge in [0.1, 0.15) is 6.10 Å². The van der Waals surface area contributed by atoms with Gasteiger partial charge in [0.2, 0.25) is 5.88 Å². The summed E-state index contributed by atoms with van der Waals surface area (Å²) in [5.74, 6) is 0.452. The third kappa shape index (κ3) is 4.02. The average Bonchev–Trinajstić information content (AvgIpc) is 3.09. The first kappa shape index (κ1) is 17.9. The number of carbonyl (C=O) groups is 1. The number of hydrogen-bond acceptors (Lipinski definition) is 4. The Bertz CT molecular complexity index is 832. The van der Waals surface area contributed by atoms with Crippen LogP contribution in [0.3, 0.4) is 0 Å². The van der Waals surface area contributed by atoms with Crippen molar-refractivity contribution < 1.29 is 9.53 Å². The van der Waals surface area contributed by atoms with Crippen molar-refractivity contribution in [2.45, 2.75) is 38.7 Å². The summed E-state index contributed by atoms with van der Waals surface area (Å²) < 4.78 is 5.84. The van der Waals surface area contributed by atoms with Crippen LogP contribution >= 0.6 is 0 Å². The van der Waals surface area contributed by atoms with E-state index < -0.39 is 0 Å². The minimum Gasteiger partial charge on any atom is -0.472 e. The SMILES string of the molecule is CC(C)(C)c1ccc(C(=O)N2CCC(Oc3cc(C#N)ccn3)C2)cc1. The van der Waals surface area contributed by atoms with Crippen molar-refractivity contribution >= 4 is 5.91 Å². The Hall–Kier alpha value is -2.87. The number of nitrogens with zero attached hydrogens (tertiary/aromatic N) is 3. The third-order valence-corrected chi connectivity index (χ3v) is 4.58. The number of likely N-dealkylation sites (tertiary alicyclic amines) is 1. The topological polar surface area (TPSA) is 66.2 Å². The molecule has 1 aliphatic rings. The second-order valence-corrected chi connectivity index (χ2v) is 7.60. The Kier molecular flexibility index (Phi) is 4.94. The third-order valence-electron chi connectivity index (χ3n) is 4.58. The van der Waals surface area contributed by atoms with E-state index in [0.717, 1.165) is 6.42 Å². The molecule has 1 amide bonds. The number of carbonyl (C=O) groups excluding carboxylic acids is 1. The van der Waals surface area contributed by atoms with Gasteiger partial charge in [0, 0.05) is 30.8 Å². The highest BCUT2D eigenvalue weighted by molar-refractivity contribution is 5.94. The highest BCUT2D eigenvalue weighted by Gasteiger charge is 2.28. The lowest BCUT2D eigenvalue weighted by atomic mass is 9.86. The van der Waals surface area contributed by atoms with E-state index in [1.54, 1.807) is 18.3 Å². The molecule has 1 aromatic carbocycles. The molecule has 1 aliphatic heterocycles. The first-order chi connectivity index (χ1) is 12.4. The Balaban J connectivity index is 1.63. The lowest BCUT2D eigenvalue weighted by molar-refractivity contribution is 0.0771. The van der Waals surface area contributed by atoms with Gasteiger partial charge >= 0.3 is 0 Å². The Morgan fingerprint density at radius 2 is 2.00 bits per heavy atom. The fourth-order valence-electron chi connectivity index (χ4n) is 3.02. The molecule has 0 radical (unpaired) electrons. The molecule has 134 valence electrons. The Morgan fingerprint density at radius 3 is 2.65 bits per heavy atom. The second-order valence-electron chi connectivity index (χ2n) is 7.60. The normalized spacial score (nSPS) is 17.0. The van der Waals surface area contributed by atoms with E-state index in [-0.39, 0.29) is 17.4 Å². The molecule has 1 saturated heterocycles. The maximum atomic E-state index is 12.7. The molecule has 1 fully saturated rings. The maximum Gasteiger partial charge on any atom is 0.253 e. The lowest BCUT2D eigenvalue weighted by Crippen LogP contribution is -2.31. The number of aromatic nitrogens is 1. The number of ether oxygens (including phenoxy) is 1. The number of rotatable bonds is 3. The zero-order valence-corrected chi connectivity index (χ0v) is 15.4. The standard InChI is InChI=1S/C21H23N3O2/c1-21(2,3)17-6-4-16(5-7-17)20(25)24-11-9-18(14-24)26-19-12-15(13-22)8-10-23-19/h4-8,10,12,18H,9,11,14H2,1-3H3. The zero-order chi connectivity index (χ0) is 18.7. The van der Waals surface area contributed by atoms with Crippen molar-refractivity contribution in [1.82, 2.24) is 9.88 Å². The number of amides is 1. The molecule has 26 heavy (non-hydrogen) atoms. The molecule has 3 rings (SSSR count). The fraction of sp³-hybridized carbons (Fsp3) is 0.381. The van der Waals surface area contributed by atoms with Crippen molar-refractivity contribution in [2.75, 3.05) is 13.1 Å². The monoisotopic (exact) mass is 349 g/mol. The molecule has 2 aromatic rings. The van der Waals surface area contributed by atoms with E-state index in [9.17, 15) is 4.79 Å². The molecule has 0 aliphatic carbocycles. The van der Waals surface area contributed by atoms with Crippen LogP contribution in [0, 0.1) is 11.3 Å². The zero-order valence-electron chi connectivity index (χ0n) is 15.4. The molecule has 0 bridgehead atoms. The van der Waals surface area contributed by atoms with Gasteiger partial charge in [-0.1, -0.05) is 32.9 Å². The van der Waals surface area contributed by atoms with E-state index in [0.29, 0.717) is 30.1 Å². The summed E-state index contributed by atoms with van der Waals surface area (Å²) in [7, 11) is 0. The Labute approximate surface area is 154 Å². The highest BCUT2D eigenvalue weighted by Crippen LogP contribution is 2.24. The minimum absolute atomic E-state index is 0.0234. The molecule has 0 saturated carbocycles. The molecular weight excluding hydrogens is 326 g/mol. The van der Waals surface area contributed by atoms with Gasteiger partial charge in [-0.25, -0.2) is 4.98 Å². The molecule has 1 atom stereocenters. The van der Waals surface area contributed by atoms with Gasteiger partial charge < -0.3 is 9.64 Å². The van der Waals surface area contributed by atoms with Crippen molar-refractivity contribution in [3.8, 4) is 11.9 Å². The van der Waals surface area contributed by atoms with E-state index in [1.807, 2.05) is 29.2 Å². The van der Waals surface area contributed by atoms with Crippen LogP contribution in [0.5, 0.6) is 5.88 Å². The van der Waals surface area contributed by atoms with Crippen LogP contribution in [-0.2, 0) is 5.41 Å². The van der Waals surface area contributed by atoms with Crippen molar-refractivity contribution in [3.05, 3.63) is 59.3 Å². The summed E-state index contributed by atoms with van der Waals surface area (Å²) in [6.45, 7) is 7.64. The predicted molar refractivity (Wildman–Crippen MR) is 99.0 cm³/mol. The van der Waals surface area contributed by atoms with Gasteiger partial charge in [0.05, 0.1) is 18.2 Å². The van der Waals surface area contributed by atoms with Gasteiger partial charge in [-0.15, -0.1) is 0 Å². The first-order valence-electron chi connectivity index (χ1n) is 8.79. The van der Waals surface area contributed by atoms with E-state index in [2.05, 4.69) is 31.8 Å². The van der Waals surface area contributed by atoms with Gasteiger partial charge in [-0.2, -0.15) is 5.26 Å². The Morgan fingerprint density at radius 1 is 1.27 bits per heavy atom. The molecular formula is C21H23N3O2. The molecule has 5 heteroatoms. The summed E-state index contributed by atoms with van der Waals surface area (Å²) >= 11 is 0. The highest BCUT2D eigenvalue weighted by atomic mass is 16.5. The number of hydrogen-bond donors (Lipinski definition) is 0. The summed E-state index contributed by atoms with van der Waals surface area (Å²) in [6.07, 6.45) is 2.21. The number of benzene rings is 1. The second kappa shape index (κ2) is 7.17. The van der Waals surface area contributed by atoms with Crippen LogP contribution in [0.1, 0.15) is 48.7 Å². The fourth-order valence-corrected chi connectivity index (χ4v) is 3.02. The molecule has 2 heterocycles. The molecule has 0 spiro atoms. The number of pyridine rings is 1. The molecule has 1 aromatic heterocycles. The van der Waals surface area contributed by atoms with Gasteiger partial charge in [-0.05, 0) is 29.2 Å². The van der Waals surface area contributed by atoms with Gasteiger partial charge in [0.25, 0.3) is 5.91 Å². The van der Waals surface area contributed by atoms with Crippen LogP contribution < -0.4 is 4.74 Å². The average molecular weight is 349 g/mol. The summed E-state index contributed by atoms with van der Waals surface area (Å²) in [6, 6.07) is 13.2. The van der Waals surface area contributed by atoms with Crippen molar-refractivity contribution in [1.29, 1.82) is 5.26 Å². The van der Waals surface area contributed by atoms with Crippen LogP contribution in [0.4, 0.5) is 0 Å². The quantitative estimate of drug-likeness (QED) is 0.850. The summed E-state index contributed by atoms with van der Waals surface area (Å²) in [5.41, 5.74) is 2.49. The molecule has 1 unspecified atom stereocenters. The summed E-state index contributed by atoms with van der Waals surface area (Å²) in [5, 5.41) is 8.95. The molecule has 0 N–H and O–H groups in total. The van der Waals surface area contributed by atoms with E-state index >= 15 is 0 Å². The van der Waals surface area contributed by atoms with E-state index in [4.69, 9.17) is 10.00 Å². The van der Waals surface area contributed by atoms with E-state index in [1.165, 1.54) is 5.56 Å². The first-order valence-corrected chi connectivity index (χ1v) is 8.79.